The molecule has 0 aromatic heterocycles. The van der Waals surface area contributed by atoms with Crippen LogP contribution in [0.3, 0.4) is 0 Å². The predicted octanol–water partition coefficient (Wildman–Crippen LogP) is 5.20. The highest BCUT2D eigenvalue weighted by Gasteiger charge is 2.34. The van der Waals surface area contributed by atoms with Crippen molar-refractivity contribution >= 4 is 17.6 Å². The molecule has 2 aromatic carbocycles. The first-order valence-corrected chi connectivity index (χ1v) is 7.41. The quantitative estimate of drug-likeness (QED) is 0.323. The third-order valence-electron chi connectivity index (χ3n) is 3.32. The van der Waals surface area contributed by atoms with Gasteiger partial charge in [-0.25, -0.2) is 26.3 Å². The monoisotopic (exact) mass is 349 g/mol. The molecule has 0 heterocycles. The molecule has 23 heavy (non-hydrogen) atoms. The molecule has 1 aliphatic rings. The van der Waals surface area contributed by atoms with E-state index in [1.165, 1.54) is 16.4 Å². The minimum absolute atomic E-state index is 0.111. The minimum Gasteiger partial charge on any atom is -0.309 e. The molecule has 3 rings (SSSR count). The van der Waals surface area contributed by atoms with E-state index in [4.69, 9.17) is 0 Å². The van der Waals surface area contributed by atoms with Gasteiger partial charge in [0.05, 0.1) is 0 Å². The molecule has 1 aliphatic carbocycles. The lowest BCUT2D eigenvalue weighted by Crippen LogP contribution is -2.18. The molecule has 0 radical (unpaired) electrons. The van der Waals surface area contributed by atoms with Gasteiger partial charge in [-0.15, -0.1) is 0 Å². The molecule has 0 saturated heterocycles. The van der Waals surface area contributed by atoms with E-state index in [9.17, 15) is 26.3 Å². The van der Waals surface area contributed by atoms with Crippen molar-refractivity contribution in [3.8, 4) is 0 Å². The predicted molar refractivity (Wildman–Crippen MR) is 74.0 cm³/mol. The highest BCUT2D eigenvalue weighted by molar-refractivity contribution is 8.00. The molecule has 0 unspecified atom stereocenters. The van der Waals surface area contributed by atoms with Gasteiger partial charge in [0.15, 0.2) is 23.3 Å². The van der Waals surface area contributed by atoms with E-state index < -0.39 is 39.8 Å². The van der Waals surface area contributed by atoms with Gasteiger partial charge in [0.25, 0.3) is 0 Å². The Balaban J connectivity index is 2.00. The first kappa shape index (κ1) is 16.0. The van der Waals surface area contributed by atoms with Gasteiger partial charge in [-0.1, -0.05) is 0 Å². The van der Waals surface area contributed by atoms with Crippen molar-refractivity contribution in [1.82, 2.24) is 0 Å². The standard InChI is InChI=1S/C15H9F6NS/c16-7-1-3-8(4-2-7)22(9-5-6-9)23-15-13(20)11(18)10(17)12(19)14(15)21/h1-4,9H,5-6H2. The molecule has 2 aromatic rings. The lowest BCUT2D eigenvalue weighted by Gasteiger charge is -2.23. The summed E-state index contributed by atoms with van der Waals surface area (Å²) < 4.78 is 81.7. The topological polar surface area (TPSA) is 3.24 Å². The lowest BCUT2D eigenvalue weighted by atomic mass is 10.3. The molecular formula is C15H9F6NS. The molecule has 1 saturated carbocycles. The van der Waals surface area contributed by atoms with Gasteiger partial charge >= 0.3 is 0 Å². The number of nitrogens with zero attached hydrogens (tertiary/aromatic N) is 1. The number of rotatable bonds is 4. The van der Waals surface area contributed by atoms with Crippen LogP contribution in [0.15, 0.2) is 29.2 Å². The maximum Gasteiger partial charge on any atom is 0.200 e. The number of anilines is 1. The second-order valence-electron chi connectivity index (χ2n) is 5.02. The second kappa shape index (κ2) is 5.99. The van der Waals surface area contributed by atoms with Crippen molar-refractivity contribution < 1.29 is 26.3 Å². The van der Waals surface area contributed by atoms with Crippen molar-refractivity contribution in [3.63, 3.8) is 0 Å². The largest absolute Gasteiger partial charge is 0.309 e. The van der Waals surface area contributed by atoms with E-state index in [1.54, 1.807) is 0 Å². The second-order valence-corrected chi connectivity index (χ2v) is 6.01. The third kappa shape index (κ3) is 2.99. The van der Waals surface area contributed by atoms with Crippen LogP contribution in [0.25, 0.3) is 0 Å². The highest BCUT2D eigenvalue weighted by atomic mass is 32.2. The van der Waals surface area contributed by atoms with Gasteiger partial charge in [0.2, 0.25) is 5.82 Å². The van der Waals surface area contributed by atoms with Crippen LogP contribution in [-0.2, 0) is 0 Å². The molecular weight excluding hydrogens is 340 g/mol. The van der Waals surface area contributed by atoms with E-state index >= 15 is 0 Å². The summed E-state index contributed by atoms with van der Waals surface area (Å²) >= 11 is 0.423. The fourth-order valence-corrected chi connectivity index (χ4v) is 3.12. The fraction of sp³-hybridized carbons (Fsp3) is 0.200. The Morgan fingerprint density at radius 2 is 1.22 bits per heavy atom. The Bertz CT molecular complexity index is 716. The Hall–Kier alpha value is -1.83. The summed E-state index contributed by atoms with van der Waals surface area (Å²) in [4.78, 5) is -0.974. The van der Waals surface area contributed by atoms with Gasteiger partial charge in [-0.2, -0.15) is 0 Å². The summed E-state index contributed by atoms with van der Waals surface area (Å²) in [6.07, 6.45) is 1.42. The van der Waals surface area contributed by atoms with Crippen molar-refractivity contribution in [1.29, 1.82) is 0 Å². The Labute approximate surface area is 132 Å². The molecule has 0 N–H and O–H groups in total. The third-order valence-corrected chi connectivity index (χ3v) is 4.57. The number of hydrogen-bond acceptors (Lipinski definition) is 2. The van der Waals surface area contributed by atoms with Crippen LogP contribution in [0, 0.1) is 34.9 Å². The molecule has 1 nitrogen and oxygen atoms in total. The van der Waals surface area contributed by atoms with Crippen molar-refractivity contribution in [3.05, 3.63) is 59.2 Å². The molecule has 0 amide bonds. The highest BCUT2D eigenvalue weighted by Crippen LogP contribution is 2.42. The molecule has 8 heteroatoms. The van der Waals surface area contributed by atoms with Crippen LogP contribution >= 0.6 is 11.9 Å². The van der Waals surface area contributed by atoms with Gasteiger partial charge in [-0.3, -0.25) is 0 Å². The number of hydrogen-bond donors (Lipinski definition) is 0. The first-order chi connectivity index (χ1) is 10.9. The Morgan fingerprint density at radius 1 is 0.739 bits per heavy atom. The maximum atomic E-state index is 13.8. The molecule has 1 fully saturated rings. The van der Waals surface area contributed by atoms with Gasteiger partial charge in [0, 0.05) is 11.7 Å². The summed E-state index contributed by atoms with van der Waals surface area (Å²) in [6, 6.07) is 4.97. The smallest absolute Gasteiger partial charge is 0.200 e. The first-order valence-electron chi connectivity index (χ1n) is 6.64. The van der Waals surface area contributed by atoms with E-state index in [1.807, 2.05) is 0 Å². The molecule has 0 bridgehead atoms. The maximum absolute atomic E-state index is 13.8. The lowest BCUT2D eigenvalue weighted by molar-refractivity contribution is 0.361. The Morgan fingerprint density at radius 3 is 1.70 bits per heavy atom. The minimum atomic E-state index is -2.19. The normalized spacial score (nSPS) is 14.2. The van der Waals surface area contributed by atoms with Crippen molar-refractivity contribution in [2.45, 2.75) is 23.8 Å². The number of benzene rings is 2. The SMILES string of the molecule is Fc1ccc(N(Sc2c(F)c(F)c(F)c(F)c2F)C2CC2)cc1. The fourth-order valence-electron chi connectivity index (χ4n) is 2.00. The molecule has 0 spiro atoms. The van der Waals surface area contributed by atoms with Crippen LogP contribution in [0.1, 0.15) is 12.8 Å². The molecule has 0 aliphatic heterocycles. The summed E-state index contributed by atoms with van der Waals surface area (Å²) in [7, 11) is 0. The Kier molecular flexibility index (Phi) is 4.18. The number of halogens is 6. The summed E-state index contributed by atoms with van der Waals surface area (Å²) in [6.45, 7) is 0. The van der Waals surface area contributed by atoms with Crippen LogP contribution in [0.4, 0.5) is 32.0 Å². The average Bonchev–Trinajstić information content (AvgIpc) is 3.37. The zero-order valence-corrected chi connectivity index (χ0v) is 12.2. The van der Waals surface area contributed by atoms with E-state index in [2.05, 4.69) is 0 Å². The van der Waals surface area contributed by atoms with Crippen LogP contribution in [-0.4, -0.2) is 6.04 Å². The molecule has 0 atom stereocenters. The average molecular weight is 349 g/mol. The van der Waals surface area contributed by atoms with Crippen LogP contribution < -0.4 is 4.31 Å². The van der Waals surface area contributed by atoms with Crippen molar-refractivity contribution in [2.75, 3.05) is 4.31 Å². The van der Waals surface area contributed by atoms with Gasteiger partial charge < -0.3 is 4.31 Å². The van der Waals surface area contributed by atoms with Gasteiger partial charge in [0.1, 0.15) is 10.7 Å². The summed E-state index contributed by atoms with van der Waals surface area (Å²) in [5.41, 5.74) is 0.419. The van der Waals surface area contributed by atoms with Crippen LogP contribution in [0.2, 0.25) is 0 Å². The van der Waals surface area contributed by atoms with E-state index in [0.717, 1.165) is 12.1 Å². The van der Waals surface area contributed by atoms with Crippen LogP contribution in [0.5, 0.6) is 0 Å². The van der Waals surface area contributed by atoms with Gasteiger partial charge in [-0.05, 0) is 49.1 Å². The molecule has 122 valence electrons. The van der Waals surface area contributed by atoms with E-state index in [0.29, 0.717) is 30.5 Å². The zero-order valence-electron chi connectivity index (χ0n) is 11.4. The summed E-state index contributed by atoms with van der Waals surface area (Å²) in [5.74, 6) is -10.4. The van der Waals surface area contributed by atoms with E-state index in [-0.39, 0.29) is 6.04 Å². The summed E-state index contributed by atoms with van der Waals surface area (Å²) in [5, 5.41) is 0. The zero-order chi connectivity index (χ0) is 16.7. The van der Waals surface area contributed by atoms with Crippen molar-refractivity contribution in [2.24, 2.45) is 0 Å².